The molecule has 3 nitrogen and oxygen atoms in total. The van der Waals surface area contributed by atoms with Gasteiger partial charge in [-0.25, -0.2) is 4.98 Å². The minimum atomic E-state index is 0.889. The zero-order valence-corrected chi connectivity index (χ0v) is 27.3. The molecule has 10 aromatic rings. The summed E-state index contributed by atoms with van der Waals surface area (Å²) in [6.45, 7) is 0. The Bertz CT molecular complexity index is 2780. The Morgan fingerprint density at radius 3 is 1.90 bits per heavy atom. The molecule has 7 aromatic carbocycles. The Balaban J connectivity index is 1.18. The molecular formula is C43H26N2OS2. The van der Waals surface area contributed by atoms with Crippen molar-refractivity contribution < 1.29 is 4.42 Å². The highest BCUT2D eigenvalue weighted by Gasteiger charge is 2.19. The van der Waals surface area contributed by atoms with Gasteiger partial charge in [0.1, 0.15) is 16.2 Å². The molecule has 0 radical (unpaired) electrons. The van der Waals surface area contributed by atoms with Gasteiger partial charge >= 0.3 is 0 Å². The van der Waals surface area contributed by atoms with E-state index >= 15 is 0 Å². The van der Waals surface area contributed by atoms with Crippen molar-refractivity contribution in [2.75, 3.05) is 4.90 Å². The summed E-state index contributed by atoms with van der Waals surface area (Å²) in [5, 5.41) is 5.81. The molecule has 3 heterocycles. The Morgan fingerprint density at radius 1 is 0.458 bits per heavy atom. The van der Waals surface area contributed by atoms with Crippen LogP contribution in [-0.2, 0) is 0 Å². The highest BCUT2D eigenvalue weighted by atomic mass is 32.1. The van der Waals surface area contributed by atoms with Crippen molar-refractivity contribution in [2.45, 2.75) is 0 Å². The van der Waals surface area contributed by atoms with Crippen molar-refractivity contribution in [1.82, 2.24) is 4.98 Å². The first-order valence-corrected chi connectivity index (χ1v) is 17.6. The SMILES string of the molecule is c1ccc(-c2ccc(N(c3ccc4oc5ccccc5c4c3)c3ccc4sc5ccc6nc(-c7ccccc7)sc6c5c4c3)cc2)cc1. The number of para-hydroxylation sites is 1. The van der Waals surface area contributed by atoms with Crippen LogP contribution in [0.15, 0.2) is 162 Å². The summed E-state index contributed by atoms with van der Waals surface area (Å²) >= 11 is 3.63. The Kier molecular flexibility index (Phi) is 6.22. The molecule has 0 aliphatic rings. The van der Waals surface area contributed by atoms with Gasteiger partial charge in [-0.3, -0.25) is 0 Å². The maximum Gasteiger partial charge on any atom is 0.135 e. The smallest absolute Gasteiger partial charge is 0.135 e. The van der Waals surface area contributed by atoms with Crippen LogP contribution >= 0.6 is 22.7 Å². The lowest BCUT2D eigenvalue weighted by molar-refractivity contribution is 0.669. The lowest BCUT2D eigenvalue weighted by Gasteiger charge is -2.26. The predicted octanol–water partition coefficient (Wildman–Crippen LogP) is 13.4. The zero-order valence-electron chi connectivity index (χ0n) is 25.6. The number of rotatable bonds is 5. The van der Waals surface area contributed by atoms with E-state index in [2.05, 4.69) is 150 Å². The summed E-state index contributed by atoms with van der Waals surface area (Å²) in [4.78, 5) is 7.42. The van der Waals surface area contributed by atoms with Crippen molar-refractivity contribution in [1.29, 1.82) is 0 Å². The van der Waals surface area contributed by atoms with Crippen LogP contribution in [0.25, 0.3) is 74.0 Å². The Hall–Kier alpha value is -5.75. The summed E-state index contributed by atoms with van der Waals surface area (Å²) < 4.78 is 10.00. The van der Waals surface area contributed by atoms with Crippen molar-refractivity contribution in [2.24, 2.45) is 0 Å². The molecule has 0 saturated heterocycles. The first kappa shape index (κ1) is 27.4. The topological polar surface area (TPSA) is 29.3 Å². The molecule has 226 valence electrons. The van der Waals surface area contributed by atoms with Crippen LogP contribution in [0.1, 0.15) is 0 Å². The number of hydrogen-bond acceptors (Lipinski definition) is 5. The van der Waals surface area contributed by atoms with Crippen LogP contribution in [0.4, 0.5) is 17.1 Å². The Morgan fingerprint density at radius 2 is 1.08 bits per heavy atom. The monoisotopic (exact) mass is 650 g/mol. The summed E-state index contributed by atoms with van der Waals surface area (Å²) in [7, 11) is 0. The van der Waals surface area contributed by atoms with Gasteiger partial charge in [-0.1, -0.05) is 91.0 Å². The molecule has 0 bridgehead atoms. The number of fused-ring (bicyclic) bond motifs is 8. The molecule has 0 saturated carbocycles. The van der Waals surface area contributed by atoms with E-state index in [0.717, 1.165) is 55.1 Å². The van der Waals surface area contributed by atoms with Crippen LogP contribution in [0, 0.1) is 0 Å². The standard InChI is InChI=1S/C43H26N2OS2/c1-3-9-27(10-4-1)28-15-17-30(18-16-28)45(31-19-22-38-34(25-31)33-13-7-8-14-37(33)46-38)32-20-23-39-35(26-32)41-40(47-39)24-21-36-42(41)48-43(44-36)29-11-5-2-6-12-29/h1-26H. The minimum Gasteiger partial charge on any atom is -0.456 e. The maximum atomic E-state index is 6.21. The molecule has 0 fully saturated rings. The molecule has 48 heavy (non-hydrogen) atoms. The Labute approximate surface area is 284 Å². The van der Waals surface area contributed by atoms with Gasteiger partial charge in [-0.2, -0.15) is 0 Å². The van der Waals surface area contributed by atoms with Gasteiger partial charge in [-0.15, -0.1) is 22.7 Å². The fraction of sp³-hybridized carbons (Fsp3) is 0. The summed E-state index contributed by atoms with van der Waals surface area (Å²) in [5.74, 6) is 0. The van der Waals surface area contributed by atoms with Crippen molar-refractivity contribution in [3.63, 3.8) is 0 Å². The zero-order chi connectivity index (χ0) is 31.6. The average Bonchev–Trinajstić information content (AvgIpc) is 3.86. The first-order chi connectivity index (χ1) is 23.8. The third kappa shape index (κ3) is 4.43. The highest BCUT2D eigenvalue weighted by Crippen LogP contribution is 2.46. The van der Waals surface area contributed by atoms with Crippen molar-refractivity contribution in [3.05, 3.63) is 158 Å². The van der Waals surface area contributed by atoms with E-state index in [1.165, 1.54) is 36.0 Å². The number of aromatic nitrogens is 1. The van der Waals surface area contributed by atoms with E-state index in [1.807, 2.05) is 23.5 Å². The predicted molar refractivity (Wildman–Crippen MR) is 205 cm³/mol. The van der Waals surface area contributed by atoms with Gasteiger partial charge in [0.2, 0.25) is 0 Å². The van der Waals surface area contributed by atoms with Crippen LogP contribution in [0.5, 0.6) is 0 Å². The third-order valence-electron chi connectivity index (χ3n) is 9.10. The van der Waals surface area contributed by atoms with Gasteiger partial charge < -0.3 is 9.32 Å². The van der Waals surface area contributed by atoms with E-state index < -0.39 is 0 Å². The fourth-order valence-corrected chi connectivity index (χ4v) is 9.10. The molecule has 0 amide bonds. The van der Waals surface area contributed by atoms with Crippen LogP contribution < -0.4 is 4.90 Å². The van der Waals surface area contributed by atoms with Crippen LogP contribution in [-0.4, -0.2) is 4.98 Å². The van der Waals surface area contributed by atoms with E-state index in [-0.39, 0.29) is 0 Å². The molecule has 0 aliphatic heterocycles. The first-order valence-electron chi connectivity index (χ1n) is 15.9. The van der Waals surface area contributed by atoms with Gasteiger partial charge in [0.15, 0.2) is 0 Å². The lowest BCUT2D eigenvalue weighted by atomic mass is 10.0. The molecule has 5 heteroatoms. The maximum absolute atomic E-state index is 6.21. The van der Waals surface area contributed by atoms with E-state index in [1.54, 1.807) is 11.3 Å². The number of anilines is 3. The number of thiazole rings is 1. The number of furan rings is 1. The highest BCUT2D eigenvalue weighted by molar-refractivity contribution is 7.28. The molecule has 0 aliphatic carbocycles. The second-order valence-electron chi connectivity index (χ2n) is 12.0. The summed E-state index contributed by atoms with van der Waals surface area (Å²) in [6.07, 6.45) is 0. The number of thiophene rings is 1. The number of benzene rings is 7. The second kappa shape index (κ2) is 10.9. The normalized spacial score (nSPS) is 11.8. The number of hydrogen-bond donors (Lipinski definition) is 0. The van der Waals surface area contributed by atoms with Crippen LogP contribution in [0.3, 0.4) is 0 Å². The molecule has 0 unspecified atom stereocenters. The van der Waals surface area contributed by atoms with Crippen LogP contribution in [0.2, 0.25) is 0 Å². The number of nitrogens with zero attached hydrogens (tertiary/aromatic N) is 2. The molecular weight excluding hydrogens is 625 g/mol. The molecule has 3 aromatic heterocycles. The third-order valence-corrected chi connectivity index (χ3v) is 11.4. The largest absolute Gasteiger partial charge is 0.456 e. The fourth-order valence-electron chi connectivity index (χ4n) is 6.81. The summed E-state index contributed by atoms with van der Waals surface area (Å²) in [6, 6.07) is 56.0. The molecule has 10 rings (SSSR count). The van der Waals surface area contributed by atoms with E-state index in [9.17, 15) is 0 Å². The van der Waals surface area contributed by atoms with Gasteiger partial charge in [0.25, 0.3) is 0 Å². The quantitative estimate of drug-likeness (QED) is 0.186. The van der Waals surface area contributed by atoms with Crippen molar-refractivity contribution >= 4 is 92.1 Å². The van der Waals surface area contributed by atoms with Gasteiger partial charge in [-0.05, 0) is 77.9 Å². The molecule has 0 atom stereocenters. The van der Waals surface area contributed by atoms with Gasteiger partial charge in [0.05, 0.1) is 10.2 Å². The molecule has 0 spiro atoms. The minimum absolute atomic E-state index is 0.889. The van der Waals surface area contributed by atoms with Gasteiger partial charge in [0, 0.05) is 53.6 Å². The van der Waals surface area contributed by atoms with Crippen molar-refractivity contribution in [3.8, 4) is 21.7 Å². The van der Waals surface area contributed by atoms with E-state index in [0.29, 0.717) is 0 Å². The summed E-state index contributed by atoms with van der Waals surface area (Å²) in [5.41, 5.74) is 9.66. The van der Waals surface area contributed by atoms with E-state index in [4.69, 9.17) is 9.40 Å². The molecule has 0 N–H and O–H groups in total. The average molecular weight is 651 g/mol. The second-order valence-corrected chi connectivity index (χ2v) is 14.1. The lowest BCUT2D eigenvalue weighted by Crippen LogP contribution is -2.09.